The Morgan fingerprint density at radius 2 is 1.87 bits per heavy atom. The number of halogens is 3. The highest BCUT2D eigenvalue weighted by Crippen LogP contribution is 2.32. The summed E-state index contributed by atoms with van der Waals surface area (Å²) in [6, 6.07) is 9.09. The van der Waals surface area contributed by atoms with Gasteiger partial charge in [0.1, 0.15) is 5.75 Å². The quantitative estimate of drug-likeness (QED) is 0.433. The van der Waals surface area contributed by atoms with Gasteiger partial charge >= 0.3 is 0 Å². The van der Waals surface area contributed by atoms with Crippen molar-refractivity contribution in [2.45, 2.75) is 13.8 Å². The summed E-state index contributed by atoms with van der Waals surface area (Å²) in [5, 5.41) is 1.56. The van der Waals surface area contributed by atoms with Crippen LogP contribution in [-0.2, 0) is 4.79 Å². The van der Waals surface area contributed by atoms with E-state index >= 15 is 0 Å². The lowest BCUT2D eigenvalue weighted by atomic mass is 10.1. The lowest BCUT2D eigenvalue weighted by Gasteiger charge is -2.22. The lowest BCUT2D eigenvalue weighted by Crippen LogP contribution is -2.39. The second-order valence-electron chi connectivity index (χ2n) is 7.14. The first-order valence-electron chi connectivity index (χ1n) is 9.15. The van der Waals surface area contributed by atoms with Gasteiger partial charge in [-0.05, 0) is 63.3 Å². The van der Waals surface area contributed by atoms with E-state index in [0.717, 1.165) is 21.3 Å². The number of ether oxygens (including phenoxy) is 1. The van der Waals surface area contributed by atoms with Crippen LogP contribution in [0.3, 0.4) is 0 Å². The number of likely N-dealkylation sites (N-methyl/N-ethyl adjacent to an activating group) is 1. The zero-order chi connectivity index (χ0) is 21.1. The van der Waals surface area contributed by atoms with Crippen LogP contribution in [0.2, 0.25) is 10.0 Å². The molecule has 1 amide bonds. The van der Waals surface area contributed by atoms with E-state index in [1.807, 2.05) is 32.0 Å². The molecular formula is C21H24Cl3N3O2S. The summed E-state index contributed by atoms with van der Waals surface area (Å²) in [6.45, 7) is 5.20. The summed E-state index contributed by atoms with van der Waals surface area (Å²) in [6.07, 6.45) is 0. The number of aryl methyl sites for hydroxylation is 2. The maximum absolute atomic E-state index is 13.0. The van der Waals surface area contributed by atoms with Gasteiger partial charge in [-0.25, -0.2) is 4.98 Å². The number of amides is 1. The van der Waals surface area contributed by atoms with Gasteiger partial charge in [0.2, 0.25) is 0 Å². The molecule has 0 N–H and O–H groups in total. The molecule has 0 aliphatic carbocycles. The first-order valence-corrected chi connectivity index (χ1v) is 10.7. The van der Waals surface area contributed by atoms with Crippen molar-refractivity contribution in [1.29, 1.82) is 0 Å². The topological polar surface area (TPSA) is 45.7 Å². The monoisotopic (exact) mass is 487 g/mol. The van der Waals surface area contributed by atoms with Crippen LogP contribution in [0.1, 0.15) is 11.1 Å². The number of carbonyl (C=O) groups excluding carboxylic acids is 1. The summed E-state index contributed by atoms with van der Waals surface area (Å²) in [4.78, 5) is 21.5. The van der Waals surface area contributed by atoms with E-state index in [0.29, 0.717) is 34.0 Å². The Kier molecular flexibility index (Phi) is 8.76. The van der Waals surface area contributed by atoms with Crippen LogP contribution in [0.25, 0.3) is 10.2 Å². The van der Waals surface area contributed by atoms with E-state index in [-0.39, 0.29) is 24.9 Å². The number of anilines is 1. The standard InChI is InChI=1S/C21H23Cl2N3O2S.ClH/c1-13-9-14(2)20-17(10-13)24-21(29-20)26(8-7-25(3)4)19(27)12-28-18-6-5-15(22)11-16(18)23;/h5-6,9-11H,7-8,12H2,1-4H3;1H. The lowest BCUT2D eigenvalue weighted by molar-refractivity contribution is -0.120. The number of hydrogen-bond donors (Lipinski definition) is 0. The Labute approximate surface area is 197 Å². The third kappa shape index (κ3) is 5.99. The van der Waals surface area contributed by atoms with E-state index in [4.69, 9.17) is 32.9 Å². The van der Waals surface area contributed by atoms with Crippen molar-refractivity contribution in [1.82, 2.24) is 9.88 Å². The molecule has 5 nitrogen and oxygen atoms in total. The minimum Gasteiger partial charge on any atom is -0.482 e. The molecule has 3 aromatic rings. The molecule has 9 heteroatoms. The minimum absolute atomic E-state index is 0. The van der Waals surface area contributed by atoms with E-state index in [1.54, 1.807) is 23.1 Å². The Bertz CT molecular complexity index is 1040. The van der Waals surface area contributed by atoms with Crippen molar-refractivity contribution in [2.75, 3.05) is 38.7 Å². The third-order valence-electron chi connectivity index (χ3n) is 4.36. The summed E-state index contributed by atoms with van der Waals surface area (Å²) >= 11 is 13.6. The fourth-order valence-corrected chi connectivity index (χ4v) is 4.44. The molecular weight excluding hydrogens is 465 g/mol. The van der Waals surface area contributed by atoms with Crippen LogP contribution < -0.4 is 9.64 Å². The maximum atomic E-state index is 13.0. The zero-order valence-corrected chi connectivity index (χ0v) is 20.4. The van der Waals surface area contributed by atoms with Gasteiger partial charge in [0.25, 0.3) is 5.91 Å². The summed E-state index contributed by atoms with van der Waals surface area (Å²) in [5.74, 6) is 0.249. The highest BCUT2D eigenvalue weighted by Gasteiger charge is 2.21. The van der Waals surface area contributed by atoms with Crippen LogP contribution in [0.5, 0.6) is 5.75 Å². The molecule has 1 aromatic heterocycles. The summed E-state index contributed by atoms with van der Waals surface area (Å²) < 4.78 is 6.75. The van der Waals surface area contributed by atoms with Crippen molar-refractivity contribution in [3.8, 4) is 5.75 Å². The van der Waals surface area contributed by atoms with Crippen LogP contribution >= 0.6 is 46.9 Å². The Morgan fingerprint density at radius 3 is 2.53 bits per heavy atom. The number of benzene rings is 2. The molecule has 0 spiro atoms. The first kappa shape index (κ1) is 24.7. The molecule has 0 bridgehead atoms. The van der Waals surface area contributed by atoms with E-state index in [9.17, 15) is 4.79 Å². The molecule has 3 rings (SSSR count). The van der Waals surface area contributed by atoms with E-state index in [2.05, 4.69) is 13.0 Å². The van der Waals surface area contributed by atoms with Crippen LogP contribution in [-0.4, -0.2) is 49.6 Å². The molecule has 0 radical (unpaired) electrons. The predicted molar refractivity (Wildman–Crippen MR) is 129 cm³/mol. The summed E-state index contributed by atoms with van der Waals surface area (Å²) in [7, 11) is 3.94. The van der Waals surface area contributed by atoms with E-state index < -0.39 is 0 Å². The number of nitrogens with zero attached hydrogens (tertiary/aromatic N) is 3. The molecule has 162 valence electrons. The van der Waals surface area contributed by atoms with Gasteiger partial charge in [-0.15, -0.1) is 12.4 Å². The Morgan fingerprint density at radius 1 is 1.13 bits per heavy atom. The number of thiazole rings is 1. The number of hydrogen-bond acceptors (Lipinski definition) is 5. The van der Waals surface area contributed by atoms with Gasteiger partial charge < -0.3 is 9.64 Å². The molecule has 30 heavy (non-hydrogen) atoms. The molecule has 0 aliphatic heterocycles. The fraction of sp³-hybridized carbons (Fsp3) is 0.333. The average Bonchev–Trinajstić information content (AvgIpc) is 3.04. The normalized spacial score (nSPS) is 10.9. The molecule has 0 atom stereocenters. The van der Waals surface area contributed by atoms with Gasteiger partial charge in [-0.1, -0.05) is 40.6 Å². The number of fused-ring (bicyclic) bond motifs is 1. The Hall–Kier alpha value is -1.57. The SMILES string of the molecule is Cc1cc(C)c2sc(N(CCN(C)C)C(=O)COc3ccc(Cl)cc3Cl)nc2c1.Cl. The van der Waals surface area contributed by atoms with Crippen LogP contribution in [0.15, 0.2) is 30.3 Å². The molecule has 0 saturated carbocycles. The van der Waals surface area contributed by atoms with Crippen LogP contribution in [0, 0.1) is 13.8 Å². The molecule has 0 fully saturated rings. The molecule has 0 aliphatic rings. The zero-order valence-electron chi connectivity index (χ0n) is 17.2. The van der Waals surface area contributed by atoms with Crippen molar-refractivity contribution in [3.63, 3.8) is 0 Å². The van der Waals surface area contributed by atoms with Gasteiger partial charge in [0.15, 0.2) is 11.7 Å². The second kappa shape index (κ2) is 10.6. The Balaban J connectivity index is 0.00000320. The third-order valence-corrected chi connectivity index (χ3v) is 6.12. The summed E-state index contributed by atoms with van der Waals surface area (Å²) in [5.41, 5.74) is 3.22. The van der Waals surface area contributed by atoms with Crippen molar-refractivity contribution in [3.05, 3.63) is 51.5 Å². The van der Waals surface area contributed by atoms with Gasteiger partial charge in [-0.2, -0.15) is 0 Å². The van der Waals surface area contributed by atoms with Crippen molar-refractivity contribution >= 4 is 68.2 Å². The molecule has 0 saturated heterocycles. The van der Waals surface area contributed by atoms with Crippen LogP contribution in [0.4, 0.5) is 5.13 Å². The minimum atomic E-state index is -0.175. The van der Waals surface area contributed by atoms with Gasteiger partial charge in [0.05, 0.1) is 15.2 Å². The number of rotatable bonds is 7. The maximum Gasteiger partial charge on any atom is 0.266 e. The molecule has 1 heterocycles. The smallest absolute Gasteiger partial charge is 0.266 e. The molecule has 0 unspecified atom stereocenters. The second-order valence-corrected chi connectivity index (χ2v) is 8.96. The van der Waals surface area contributed by atoms with Crippen molar-refractivity contribution < 1.29 is 9.53 Å². The largest absolute Gasteiger partial charge is 0.482 e. The highest BCUT2D eigenvalue weighted by atomic mass is 35.5. The fourth-order valence-electron chi connectivity index (χ4n) is 2.92. The number of carbonyl (C=O) groups is 1. The average molecular weight is 489 g/mol. The molecule has 2 aromatic carbocycles. The first-order chi connectivity index (χ1) is 13.7. The van der Waals surface area contributed by atoms with E-state index in [1.165, 1.54) is 11.3 Å². The number of aromatic nitrogens is 1. The highest BCUT2D eigenvalue weighted by molar-refractivity contribution is 7.22. The van der Waals surface area contributed by atoms with Gasteiger partial charge in [-0.3, -0.25) is 9.69 Å². The van der Waals surface area contributed by atoms with Crippen molar-refractivity contribution in [2.24, 2.45) is 0 Å². The van der Waals surface area contributed by atoms with Gasteiger partial charge in [0, 0.05) is 18.1 Å². The predicted octanol–water partition coefficient (Wildman–Crippen LogP) is 5.62.